The number of hydrogen-bond acceptors (Lipinski definition) is 3. The van der Waals surface area contributed by atoms with Gasteiger partial charge in [0, 0.05) is 0 Å². The fourth-order valence-corrected chi connectivity index (χ4v) is 3.96. The molecule has 2 aromatic carbocycles. The van der Waals surface area contributed by atoms with Crippen molar-refractivity contribution in [2.45, 2.75) is 16.6 Å². The molecule has 0 aliphatic rings. The average molecular weight is 293 g/mol. The molecule has 5 heteroatoms. The van der Waals surface area contributed by atoms with Crippen molar-refractivity contribution in [3.05, 3.63) is 66.0 Å². The molecule has 0 saturated heterocycles. The SMILES string of the molecule is NCCC(c1ccccc1)S(=O)(=O)c1cccc(F)c1. The molecule has 0 fully saturated rings. The second-order valence-electron chi connectivity index (χ2n) is 4.48. The summed E-state index contributed by atoms with van der Waals surface area (Å²) in [6.07, 6.45) is 0.295. The van der Waals surface area contributed by atoms with Gasteiger partial charge in [0.25, 0.3) is 0 Å². The van der Waals surface area contributed by atoms with Gasteiger partial charge in [-0.2, -0.15) is 0 Å². The lowest BCUT2D eigenvalue weighted by Crippen LogP contribution is -2.17. The molecular weight excluding hydrogens is 277 g/mol. The minimum atomic E-state index is -3.66. The lowest BCUT2D eigenvalue weighted by Gasteiger charge is -2.17. The Hall–Kier alpha value is -1.72. The molecule has 1 atom stereocenters. The molecule has 2 aromatic rings. The van der Waals surface area contributed by atoms with Gasteiger partial charge in [0.1, 0.15) is 5.82 Å². The number of nitrogens with two attached hydrogens (primary N) is 1. The van der Waals surface area contributed by atoms with Crippen LogP contribution in [0.3, 0.4) is 0 Å². The Kier molecular flexibility index (Phi) is 4.52. The van der Waals surface area contributed by atoms with Crippen LogP contribution in [0.15, 0.2) is 59.5 Å². The number of benzene rings is 2. The van der Waals surface area contributed by atoms with Gasteiger partial charge in [0.15, 0.2) is 9.84 Å². The normalized spacial score (nSPS) is 13.1. The maximum absolute atomic E-state index is 13.3. The monoisotopic (exact) mass is 293 g/mol. The first-order chi connectivity index (χ1) is 9.55. The molecule has 3 nitrogen and oxygen atoms in total. The lowest BCUT2D eigenvalue weighted by atomic mass is 10.1. The summed E-state index contributed by atoms with van der Waals surface area (Å²) in [5.74, 6) is -0.564. The first-order valence-corrected chi connectivity index (χ1v) is 7.85. The van der Waals surface area contributed by atoms with Gasteiger partial charge >= 0.3 is 0 Å². The third kappa shape index (κ3) is 3.05. The predicted molar refractivity (Wildman–Crippen MR) is 76.4 cm³/mol. The Labute approximate surface area is 118 Å². The van der Waals surface area contributed by atoms with E-state index < -0.39 is 20.9 Å². The largest absolute Gasteiger partial charge is 0.330 e. The van der Waals surface area contributed by atoms with Gasteiger partial charge in [0.05, 0.1) is 10.1 Å². The van der Waals surface area contributed by atoms with E-state index >= 15 is 0 Å². The molecule has 0 saturated carbocycles. The summed E-state index contributed by atoms with van der Waals surface area (Å²) in [6.45, 7) is 0.244. The van der Waals surface area contributed by atoms with Crippen LogP contribution in [-0.4, -0.2) is 15.0 Å². The molecular formula is C15H16FNO2S. The van der Waals surface area contributed by atoms with Crippen LogP contribution in [0.2, 0.25) is 0 Å². The average Bonchev–Trinajstić information content (AvgIpc) is 2.45. The minimum Gasteiger partial charge on any atom is -0.330 e. The molecule has 2 N–H and O–H groups in total. The number of hydrogen-bond donors (Lipinski definition) is 1. The highest BCUT2D eigenvalue weighted by molar-refractivity contribution is 7.91. The van der Waals surface area contributed by atoms with Crippen LogP contribution in [0.4, 0.5) is 4.39 Å². The van der Waals surface area contributed by atoms with Crippen molar-refractivity contribution < 1.29 is 12.8 Å². The van der Waals surface area contributed by atoms with Gasteiger partial charge in [-0.15, -0.1) is 0 Å². The predicted octanol–water partition coefficient (Wildman–Crippen LogP) is 2.69. The second-order valence-corrected chi connectivity index (χ2v) is 6.61. The Balaban J connectivity index is 2.48. The summed E-state index contributed by atoms with van der Waals surface area (Å²) < 4.78 is 38.6. The van der Waals surface area contributed by atoms with Gasteiger partial charge in [-0.25, -0.2) is 12.8 Å². The summed E-state index contributed by atoms with van der Waals surface area (Å²) in [7, 11) is -3.66. The van der Waals surface area contributed by atoms with Crippen LogP contribution in [0.1, 0.15) is 17.2 Å². The molecule has 0 aliphatic heterocycles. The van der Waals surface area contributed by atoms with Crippen molar-refractivity contribution in [1.29, 1.82) is 0 Å². The molecule has 106 valence electrons. The number of halogens is 1. The second kappa shape index (κ2) is 6.15. The zero-order valence-electron chi connectivity index (χ0n) is 10.9. The Morgan fingerprint density at radius 2 is 1.75 bits per heavy atom. The van der Waals surface area contributed by atoms with Crippen molar-refractivity contribution in [2.75, 3.05) is 6.54 Å². The van der Waals surface area contributed by atoms with Crippen LogP contribution >= 0.6 is 0 Å². The maximum Gasteiger partial charge on any atom is 0.185 e. The first kappa shape index (κ1) is 14.7. The van der Waals surface area contributed by atoms with Gasteiger partial charge in [-0.1, -0.05) is 36.4 Å². The third-order valence-corrected chi connectivity index (χ3v) is 5.27. The van der Waals surface area contributed by atoms with Gasteiger partial charge in [0.2, 0.25) is 0 Å². The summed E-state index contributed by atoms with van der Waals surface area (Å²) >= 11 is 0. The van der Waals surface area contributed by atoms with Crippen LogP contribution in [0.25, 0.3) is 0 Å². The van der Waals surface area contributed by atoms with Crippen LogP contribution in [0, 0.1) is 5.82 Å². The van der Waals surface area contributed by atoms with E-state index in [4.69, 9.17) is 5.73 Å². The Morgan fingerprint density at radius 1 is 1.05 bits per heavy atom. The Bertz CT molecular complexity index is 671. The van der Waals surface area contributed by atoms with E-state index in [1.165, 1.54) is 18.2 Å². The van der Waals surface area contributed by atoms with E-state index in [0.717, 1.165) is 6.07 Å². The molecule has 0 spiro atoms. The molecule has 0 bridgehead atoms. The van der Waals surface area contributed by atoms with Gasteiger partial charge < -0.3 is 5.73 Å². The van der Waals surface area contributed by atoms with Crippen molar-refractivity contribution in [1.82, 2.24) is 0 Å². The van der Waals surface area contributed by atoms with Crippen LogP contribution < -0.4 is 5.73 Å². The van der Waals surface area contributed by atoms with E-state index in [1.807, 2.05) is 6.07 Å². The number of sulfone groups is 1. The molecule has 20 heavy (non-hydrogen) atoms. The highest BCUT2D eigenvalue weighted by Crippen LogP contribution is 2.31. The van der Waals surface area contributed by atoms with Crippen LogP contribution in [0.5, 0.6) is 0 Å². The summed E-state index contributed by atoms with van der Waals surface area (Å²) in [5, 5.41) is -0.754. The third-order valence-electron chi connectivity index (χ3n) is 3.10. The number of rotatable bonds is 5. The molecule has 2 rings (SSSR count). The van der Waals surface area contributed by atoms with E-state index in [2.05, 4.69) is 0 Å². The lowest BCUT2D eigenvalue weighted by molar-refractivity contribution is 0.572. The van der Waals surface area contributed by atoms with Gasteiger partial charge in [-0.3, -0.25) is 0 Å². The summed E-state index contributed by atoms with van der Waals surface area (Å²) in [6, 6.07) is 13.9. The smallest absolute Gasteiger partial charge is 0.185 e. The molecule has 0 heterocycles. The standard InChI is InChI=1S/C15H16FNO2S/c16-13-7-4-8-14(11-13)20(18,19)15(9-10-17)12-5-2-1-3-6-12/h1-8,11,15H,9-10,17H2. The van der Waals surface area contributed by atoms with Crippen molar-refractivity contribution >= 4 is 9.84 Å². The van der Waals surface area contributed by atoms with E-state index in [9.17, 15) is 12.8 Å². The van der Waals surface area contributed by atoms with Crippen molar-refractivity contribution in [3.8, 4) is 0 Å². The van der Waals surface area contributed by atoms with E-state index in [1.54, 1.807) is 24.3 Å². The summed E-state index contributed by atoms with van der Waals surface area (Å²) in [5.41, 5.74) is 6.20. The summed E-state index contributed by atoms with van der Waals surface area (Å²) in [4.78, 5) is -0.0141. The molecule has 0 aromatic heterocycles. The topological polar surface area (TPSA) is 60.2 Å². The van der Waals surface area contributed by atoms with Crippen LogP contribution in [-0.2, 0) is 9.84 Å². The minimum absolute atomic E-state index is 0.0141. The van der Waals surface area contributed by atoms with Crippen molar-refractivity contribution in [3.63, 3.8) is 0 Å². The highest BCUT2D eigenvalue weighted by atomic mass is 32.2. The molecule has 0 radical (unpaired) electrons. The first-order valence-electron chi connectivity index (χ1n) is 6.30. The molecule has 1 unspecified atom stereocenters. The zero-order valence-corrected chi connectivity index (χ0v) is 11.7. The zero-order chi connectivity index (χ0) is 14.6. The Morgan fingerprint density at radius 3 is 2.35 bits per heavy atom. The maximum atomic E-state index is 13.3. The van der Waals surface area contributed by atoms with Crippen molar-refractivity contribution in [2.24, 2.45) is 5.73 Å². The van der Waals surface area contributed by atoms with E-state index in [0.29, 0.717) is 12.0 Å². The van der Waals surface area contributed by atoms with Gasteiger partial charge in [-0.05, 0) is 36.7 Å². The molecule has 0 aliphatic carbocycles. The van der Waals surface area contributed by atoms with E-state index in [-0.39, 0.29) is 11.4 Å². The fourth-order valence-electron chi connectivity index (χ4n) is 2.13. The fraction of sp³-hybridized carbons (Fsp3) is 0.200. The molecule has 0 amide bonds. The quantitative estimate of drug-likeness (QED) is 0.922. The highest BCUT2D eigenvalue weighted by Gasteiger charge is 2.28.